The summed E-state index contributed by atoms with van der Waals surface area (Å²) in [5, 5.41) is 16.6. The molecule has 2 rings (SSSR count). The number of nitrogens with zero attached hydrogens (tertiary/aromatic N) is 2. The van der Waals surface area contributed by atoms with E-state index in [4.69, 9.17) is 0 Å². The molecule has 1 fully saturated rings. The van der Waals surface area contributed by atoms with Crippen LogP contribution in [0.2, 0.25) is 0 Å². The van der Waals surface area contributed by atoms with E-state index in [0.29, 0.717) is 4.34 Å². The first-order valence-corrected chi connectivity index (χ1v) is 8.51. The number of hydrogen-bond acceptors (Lipinski definition) is 7. The Hall–Kier alpha value is -1.35. The topological polar surface area (TPSA) is 96.0 Å². The molecule has 1 aliphatic rings. The van der Waals surface area contributed by atoms with Gasteiger partial charge < -0.3 is 10.6 Å². The Morgan fingerprint density at radius 3 is 2.62 bits per heavy atom. The lowest BCUT2D eigenvalue weighted by Crippen LogP contribution is -2.43. The Morgan fingerprint density at radius 2 is 2.00 bits per heavy atom. The molecule has 0 spiro atoms. The minimum absolute atomic E-state index is 0.230. The van der Waals surface area contributed by atoms with Gasteiger partial charge in [-0.2, -0.15) is 0 Å². The summed E-state index contributed by atoms with van der Waals surface area (Å²) in [6.45, 7) is 5.77. The molecule has 1 aromatic heterocycles. The summed E-state index contributed by atoms with van der Waals surface area (Å²) in [4.78, 5) is 23.4. The van der Waals surface area contributed by atoms with Crippen LogP contribution in [0.15, 0.2) is 4.34 Å². The van der Waals surface area contributed by atoms with Crippen LogP contribution in [-0.4, -0.2) is 39.5 Å². The molecule has 0 radical (unpaired) electrons. The van der Waals surface area contributed by atoms with Crippen molar-refractivity contribution >= 4 is 40.2 Å². The van der Waals surface area contributed by atoms with E-state index in [1.54, 1.807) is 6.92 Å². The SMILES string of the molecule is CC(C)Nc1nnc(S[C@@H](C)C(=O)NC(=O)NC2CC2)s1. The first-order valence-electron chi connectivity index (χ1n) is 6.82. The molecular formula is C12H19N5O2S2. The highest BCUT2D eigenvalue weighted by Crippen LogP contribution is 2.29. The van der Waals surface area contributed by atoms with E-state index in [2.05, 4.69) is 26.1 Å². The number of urea groups is 1. The van der Waals surface area contributed by atoms with E-state index < -0.39 is 11.3 Å². The van der Waals surface area contributed by atoms with Crippen molar-refractivity contribution in [3.8, 4) is 0 Å². The highest BCUT2D eigenvalue weighted by atomic mass is 32.2. The molecule has 3 N–H and O–H groups in total. The van der Waals surface area contributed by atoms with Gasteiger partial charge in [0.15, 0.2) is 4.34 Å². The minimum atomic E-state index is -0.422. The standard InChI is InChI=1S/C12H19N5O2S2/c1-6(2)13-11-16-17-12(21-11)20-7(3)9(18)15-10(19)14-8-4-5-8/h6-8H,4-5H2,1-3H3,(H,13,16)(H2,14,15,18,19)/t7-/m0/s1. The molecule has 1 heterocycles. The highest BCUT2D eigenvalue weighted by Gasteiger charge is 2.25. The molecule has 1 aliphatic carbocycles. The maximum atomic E-state index is 11.9. The summed E-state index contributed by atoms with van der Waals surface area (Å²) in [6, 6.07) is 0.0885. The Balaban J connectivity index is 1.79. The number of rotatable bonds is 6. The average molecular weight is 329 g/mol. The highest BCUT2D eigenvalue weighted by molar-refractivity contribution is 8.02. The van der Waals surface area contributed by atoms with Crippen molar-refractivity contribution in [2.75, 3.05) is 5.32 Å². The summed E-state index contributed by atoms with van der Waals surface area (Å²) in [5.74, 6) is -0.327. The first-order chi connectivity index (χ1) is 9.94. The molecule has 7 nitrogen and oxygen atoms in total. The zero-order valence-electron chi connectivity index (χ0n) is 12.2. The van der Waals surface area contributed by atoms with E-state index in [1.165, 1.54) is 23.1 Å². The van der Waals surface area contributed by atoms with Crippen LogP contribution in [0.4, 0.5) is 9.93 Å². The Morgan fingerprint density at radius 1 is 1.29 bits per heavy atom. The largest absolute Gasteiger partial charge is 0.358 e. The van der Waals surface area contributed by atoms with Crippen LogP contribution in [-0.2, 0) is 4.79 Å². The number of thioether (sulfide) groups is 1. The fourth-order valence-corrected chi connectivity index (χ4v) is 3.47. The van der Waals surface area contributed by atoms with Crippen molar-refractivity contribution in [2.45, 2.75) is 55.3 Å². The first kappa shape index (κ1) is 16.0. The quantitative estimate of drug-likeness (QED) is 0.689. The van der Waals surface area contributed by atoms with Gasteiger partial charge in [0.05, 0.1) is 5.25 Å². The van der Waals surface area contributed by atoms with E-state index in [1.807, 2.05) is 13.8 Å². The lowest BCUT2D eigenvalue weighted by atomic mass is 10.4. The molecule has 0 aliphatic heterocycles. The van der Waals surface area contributed by atoms with Gasteiger partial charge in [0.1, 0.15) is 0 Å². The van der Waals surface area contributed by atoms with Gasteiger partial charge in [0, 0.05) is 12.1 Å². The number of hydrogen-bond donors (Lipinski definition) is 3. The number of carbonyl (C=O) groups is 2. The van der Waals surface area contributed by atoms with Crippen molar-refractivity contribution in [1.29, 1.82) is 0 Å². The fraction of sp³-hybridized carbons (Fsp3) is 0.667. The molecule has 1 aromatic rings. The summed E-state index contributed by atoms with van der Waals surface area (Å²) >= 11 is 2.68. The normalized spacial score (nSPS) is 15.6. The molecule has 1 atom stereocenters. The number of amides is 3. The predicted molar refractivity (Wildman–Crippen MR) is 83.7 cm³/mol. The van der Waals surface area contributed by atoms with Gasteiger partial charge >= 0.3 is 6.03 Å². The van der Waals surface area contributed by atoms with E-state index in [0.717, 1.165) is 18.0 Å². The number of imide groups is 1. The summed E-state index contributed by atoms with van der Waals surface area (Å²) < 4.78 is 0.698. The fourth-order valence-electron chi connectivity index (χ4n) is 1.43. The van der Waals surface area contributed by atoms with Gasteiger partial charge in [0.25, 0.3) is 0 Å². The minimum Gasteiger partial charge on any atom is -0.358 e. The summed E-state index contributed by atoms with van der Waals surface area (Å²) in [5.41, 5.74) is 0. The third-order valence-corrected chi connectivity index (χ3v) is 4.65. The van der Waals surface area contributed by atoms with Gasteiger partial charge in [0.2, 0.25) is 11.0 Å². The van der Waals surface area contributed by atoms with Gasteiger partial charge in [-0.25, -0.2) is 4.79 Å². The lowest BCUT2D eigenvalue weighted by Gasteiger charge is -2.09. The maximum Gasteiger partial charge on any atom is 0.321 e. The number of anilines is 1. The zero-order valence-corrected chi connectivity index (χ0v) is 13.8. The molecular weight excluding hydrogens is 310 g/mol. The molecule has 0 aromatic carbocycles. The molecule has 0 saturated heterocycles. The Kier molecular flexibility index (Phi) is 5.40. The van der Waals surface area contributed by atoms with Crippen LogP contribution in [0, 0.1) is 0 Å². The zero-order chi connectivity index (χ0) is 15.4. The van der Waals surface area contributed by atoms with E-state index >= 15 is 0 Å². The van der Waals surface area contributed by atoms with Crippen molar-refractivity contribution in [1.82, 2.24) is 20.8 Å². The second-order valence-electron chi connectivity index (χ2n) is 5.17. The van der Waals surface area contributed by atoms with E-state index in [9.17, 15) is 9.59 Å². The van der Waals surface area contributed by atoms with Crippen molar-refractivity contribution in [3.05, 3.63) is 0 Å². The molecule has 3 amide bonds. The van der Waals surface area contributed by atoms with Crippen molar-refractivity contribution in [3.63, 3.8) is 0 Å². The third-order valence-electron chi connectivity index (χ3n) is 2.61. The van der Waals surface area contributed by atoms with Crippen LogP contribution < -0.4 is 16.0 Å². The van der Waals surface area contributed by atoms with Gasteiger partial charge in [-0.3, -0.25) is 10.1 Å². The Labute approximate surface area is 131 Å². The number of aromatic nitrogens is 2. The Bertz CT molecular complexity index is 516. The smallest absolute Gasteiger partial charge is 0.321 e. The van der Waals surface area contributed by atoms with Crippen LogP contribution in [0.25, 0.3) is 0 Å². The molecule has 0 unspecified atom stereocenters. The van der Waals surface area contributed by atoms with Crippen LogP contribution in [0.1, 0.15) is 33.6 Å². The van der Waals surface area contributed by atoms with Gasteiger partial charge in [-0.1, -0.05) is 23.1 Å². The summed E-state index contributed by atoms with van der Waals surface area (Å²) in [6.07, 6.45) is 1.98. The maximum absolute atomic E-state index is 11.9. The second kappa shape index (κ2) is 7.08. The molecule has 116 valence electrons. The number of carbonyl (C=O) groups excluding carboxylic acids is 2. The number of nitrogens with one attached hydrogen (secondary N) is 3. The monoisotopic (exact) mass is 329 g/mol. The molecule has 0 bridgehead atoms. The predicted octanol–water partition coefficient (Wildman–Crippen LogP) is 1.83. The van der Waals surface area contributed by atoms with Gasteiger partial charge in [-0.15, -0.1) is 10.2 Å². The van der Waals surface area contributed by atoms with Crippen LogP contribution in [0.5, 0.6) is 0 Å². The third kappa shape index (κ3) is 5.50. The van der Waals surface area contributed by atoms with Gasteiger partial charge in [-0.05, 0) is 33.6 Å². The van der Waals surface area contributed by atoms with Crippen LogP contribution in [0.3, 0.4) is 0 Å². The van der Waals surface area contributed by atoms with Crippen molar-refractivity contribution < 1.29 is 9.59 Å². The van der Waals surface area contributed by atoms with Crippen LogP contribution >= 0.6 is 23.1 Å². The molecule has 21 heavy (non-hydrogen) atoms. The van der Waals surface area contributed by atoms with Crippen molar-refractivity contribution in [2.24, 2.45) is 0 Å². The average Bonchev–Trinajstić information content (AvgIpc) is 3.08. The second-order valence-corrected chi connectivity index (χ2v) is 7.73. The summed E-state index contributed by atoms with van der Waals surface area (Å²) in [7, 11) is 0. The molecule has 1 saturated carbocycles. The molecule has 9 heteroatoms. The van der Waals surface area contributed by atoms with E-state index in [-0.39, 0.29) is 18.0 Å². The lowest BCUT2D eigenvalue weighted by molar-refractivity contribution is -0.119.